The van der Waals surface area contributed by atoms with E-state index >= 15 is 0 Å². The van der Waals surface area contributed by atoms with Gasteiger partial charge >= 0.3 is 0 Å². The van der Waals surface area contributed by atoms with Crippen LogP contribution in [0.1, 0.15) is 16.8 Å². The molecule has 6 nitrogen and oxygen atoms in total. The molecule has 0 unspecified atom stereocenters. The normalized spacial score (nSPS) is 15.0. The van der Waals surface area contributed by atoms with Gasteiger partial charge in [-0.15, -0.1) is 15.0 Å². The van der Waals surface area contributed by atoms with E-state index in [1.165, 1.54) is 15.9 Å². The van der Waals surface area contributed by atoms with Crippen LogP contribution in [0.2, 0.25) is 0 Å². The van der Waals surface area contributed by atoms with Gasteiger partial charge in [-0.2, -0.15) is 5.26 Å². The van der Waals surface area contributed by atoms with E-state index < -0.39 is 0 Å². The van der Waals surface area contributed by atoms with Gasteiger partial charge in [-0.1, -0.05) is 6.07 Å². The van der Waals surface area contributed by atoms with Crippen LogP contribution in [-0.4, -0.2) is 41.3 Å². The van der Waals surface area contributed by atoms with Crippen molar-refractivity contribution in [2.45, 2.75) is 13.8 Å². The molecule has 0 spiro atoms. The van der Waals surface area contributed by atoms with Crippen LogP contribution >= 0.6 is 0 Å². The molecule has 6 heteroatoms. The molecule has 0 atom stereocenters. The first-order valence-electron chi connectivity index (χ1n) is 6.97. The summed E-state index contributed by atoms with van der Waals surface area (Å²) in [6.07, 6.45) is 0. The second-order valence-corrected chi connectivity index (χ2v) is 5.14. The fraction of sp³-hybridized carbons (Fsp3) is 0.400. The molecule has 0 saturated carbocycles. The molecule has 1 fully saturated rings. The van der Waals surface area contributed by atoms with E-state index in [0.717, 1.165) is 18.8 Å². The van der Waals surface area contributed by atoms with E-state index in [9.17, 15) is 5.26 Å². The zero-order valence-corrected chi connectivity index (χ0v) is 12.2. The summed E-state index contributed by atoms with van der Waals surface area (Å²) < 4.78 is 5.34. The van der Waals surface area contributed by atoms with Crippen molar-refractivity contribution in [1.29, 1.82) is 5.26 Å². The van der Waals surface area contributed by atoms with Gasteiger partial charge in [0.05, 0.1) is 18.9 Å². The van der Waals surface area contributed by atoms with Crippen molar-refractivity contribution < 1.29 is 4.74 Å². The Balaban J connectivity index is 1.98. The maximum Gasteiger partial charge on any atom is 0.207 e. The summed E-state index contributed by atoms with van der Waals surface area (Å²) in [4.78, 5) is 3.59. The summed E-state index contributed by atoms with van der Waals surface area (Å²) in [6, 6.07) is 8.16. The number of morpholine rings is 1. The molecule has 2 heterocycles. The average molecular weight is 283 g/mol. The minimum Gasteiger partial charge on any atom is -0.378 e. The number of ether oxygens (including phenoxy) is 1. The van der Waals surface area contributed by atoms with Gasteiger partial charge < -0.3 is 9.64 Å². The number of nitrogens with zero attached hydrogens (tertiary/aromatic N) is 5. The molecule has 0 amide bonds. The van der Waals surface area contributed by atoms with E-state index in [2.05, 4.69) is 30.1 Å². The Labute approximate surface area is 123 Å². The van der Waals surface area contributed by atoms with Gasteiger partial charge in [-0.25, -0.2) is 0 Å². The topological polar surface area (TPSA) is 67.0 Å². The summed E-state index contributed by atoms with van der Waals surface area (Å²) in [5.74, 6) is 0.638. The summed E-state index contributed by atoms with van der Waals surface area (Å²) in [6.45, 7) is 6.90. The Morgan fingerprint density at radius 1 is 1.14 bits per heavy atom. The Bertz CT molecular complexity index is 695. The Morgan fingerprint density at radius 2 is 1.90 bits per heavy atom. The average Bonchev–Trinajstić information content (AvgIpc) is 2.95. The molecule has 0 N–H and O–H groups in total. The summed E-state index contributed by atoms with van der Waals surface area (Å²) in [7, 11) is 0. The van der Waals surface area contributed by atoms with Crippen LogP contribution in [-0.2, 0) is 4.74 Å². The molecule has 108 valence electrons. The van der Waals surface area contributed by atoms with E-state index in [1.54, 1.807) is 0 Å². The van der Waals surface area contributed by atoms with Gasteiger partial charge in [0.2, 0.25) is 5.69 Å². The lowest BCUT2D eigenvalue weighted by atomic mass is 10.1. The van der Waals surface area contributed by atoms with Crippen LogP contribution in [0, 0.1) is 25.2 Å². The minimum absolute atomic E-state index is 0.357. The molecule has 1 saturated heterocycles. The van der Waals surface area contributed by atoms with E-state index in [4.69, 9.17) is 4.74 Å². The molecule has 3 rings (SSSR count). The first-order valence-corrected chi connectivity index (χ1v) is 6.97. The lowest BCUT2D eigenvalue weighted by molar-refractivity contribution is 0.122. The van der Waals surface area contributed by atoms with E-state index in [-0.39, 0.29) is 0 Å². The van der Waals surface area contributed by atoms with Crippen LogP contribution in [0.25, 0.3) is 5.69 Å². The fourth-order valence-corrected chi connectivity index (χ4v) is 2.32. The first kappa shape index (κ1) is 13.6. The smallest absolute Gasteiger partial charge is 0.207 e. The van der Waals surface area contributed by atoms with Crippen molar-refractivity contribution in [3.8, 4) is 11.8 Å². The molecule has 0 aliphatic carbocycles. The maximum absolute atomic E-state index is 9.28. The van der Waals surface area contributed by atoms with Crippen molar-refractivity contribution in [2.75, 3.05) is 31.2 Å². The predicted octanol–water partition coefficient (Wildman–Crippen LogP) is 1.59. The molecule has 1 aliphatic rings. The SMILES string of the molecule is Cc1ccc(-n2nc(C#N)c(N3CCOCC3)n2)cc1C. The van der Waals surface area contributed by atoms with Crippen molar-refractivity contribution in [1.82, 2.24) is 15.0 Å². The van der Waals surface area contributed by atoms with Gasteiger partial charge in [0.25, 0.3) is 0 Å². The van der Waals surface area contributed by atoms with Crippen molar-refractivity contribution in [3.05, 3.63) is 35.0 Å². The number of hydrogen-bond acceptors (Lipinski definition) is 5. The van der Waals surface area contributed by atoms with Gasteiger partial charge in [-0.05, 0) is 37.1 Å². The Morgan fingerprint density at radius 3 is 2.57 bits per heavy atom. The number of anilines is 1. The molecule has 1 aromatic carbocycles. The number of aryl methyl sites for hydroxylation is 2. The predicted molar refractivity (Wildman–Crippen MR) is 78.6 cm³/mol. The quantitative estimate of drug-likeness (QED) is 0.837. The van der Waals surface area contributed by atoms with Crippen LogP contribution in [0.5, 0.6) is 0 Å². The Hall–Kier alpha value is -2.39. The number of rotatable bonds is 2. The van der Waals surface area contributed by atoms with Gasteiger partial charge in [0, 0.05) is 13.1 Å². The second-order valence-electron chi connectivity index (χ2n) is 5.14. The molecular weight excluding hydrogens is 266 g/mol. The molecule has 1 aliphatic heterocycles. The van der Waals surface area contributed by atoms with Gasteiger partial charge in [0.15, 0.2) is 5.82 Å². The number of aromatic nitrogens is 3. The largest absolute Gasteiger partial charge is 0.378 e. The second kappa shape index (κ2) is 5.54. The van der Waals surface area contributed by atoms with Gasteiger partial charge in [0.1, 0.15) is 6.07 Å². The van der Waals surface area contributed by atoms with E-state index in [1.807, 2.05) is 23.1 Å². The lowest BCUT2D eigenvalue weighted by Gasteiger charge is -2.26. The molecule has 0 bridgehead atoms. The van der Waals surface area contributed by atoms with Crippen LogP contribution in [0.3, 0.4) is 0 Å². The summed E-state index contributed by atoms with van der Waals surface area (Å²) >= 11 is 0. The van der Waals surface area contributed by atoms with Crippen molar-refractivity contribution >= 4 is 5.82 Å². The van der Waals surface area contributed by atoms with Crippen LogP contribution in [0.4, 0.5) is 5.82 Å². The standard InChI is InChI=1S/C15H17N5O/c1-11-3-4-13(9-12(11)2)20-17-14(10-16)15(18-20)19-5-7-21-8-6-19/h3-4,9H,5-8H2,1-2H3. The zero-order valence-electron chi connectivity index (χ0n) is 12.2. The highest BCUT2D eigenvalue weighted by molar-refractivity contribution is 5.51. The van der Waals surface area contributed by atoms with Crippen molar-refractivity contribution in [2.24, 2.45) is 0 Å². The molecule has 21 heavy (non-hydrogen) atoms. The highest BCUT2D eigenvalue weighted by atomic mass is 16.5. The third-order valence-electron chi connectivity index (χ3n) is 3.73. The highest BCUT2D eigenvalue weighted by Gasteiger charge is 2.20. The molecular formula is C15H17N5O. The number of nitriles is 1. The third kappa shape index (κ3) is 2.60. The number of benzene rings is 1. The molecule has 0 radical (unpaired) electrons. The lowest BCUT2D eigenvalue weighted by Crippen LogP contribution is -2.37. The van der Waals surface area contributed by atoms with Crippen molar-refractivity contribution in [3.63, 3.8) is 0 Å². The maximum atomic E-state index is 9.28. The molecule has 1 aromatic heterocycles. The fourth-order valence-electron chi connectivity index (χ4n) is 2.32. The van der Waals surface area contributed by atoms with Gasteiger partial charge in [-0.3, -0.25) is 0 Å². The van der Waals surface area contributed by atoms with Crippen LogP contribution < -0.4 is 4.90 Å². The van der Waals surface area contributed by atoms with E-state index in [0.29, 0.717) is 24.7 Å². The zero-order chi connectivity index (χ0) is 14.8. The highest BCUT2D eigenvalue weighted by Crippen LogP contribution is 2.19. The summed E-state index contributed by atoms with van der Waals surface area (Å²) in [5, 5.41) is 18.1. The van der Waals surface area contributed by atoms with Crippen LogP contribution in [0.15, 0.2) is 18.2 Å². The minimum atomic E-state index is 0.357. The first-order chi connectivity index (χ1) is 10.2. The number of hydrogen-bond donors (Lipinski definition) is 0. The third-order valence-corrected chi connectivity index (χ3v) is 3.73. The summed E-state index contributed by atoms with van der Waals surface area (Å²) in [5.41, 5.74) is 3.63. The Kier molecular flexibility index (Phi) is 3.59. The monoisotopic (exact) mass is 283 g/mol. The molecule has 2 aromatic rings.